The van der Waals surface area contributed by atoms with Gasteiger partial charge in [0.05, 0.1) is 34.3 Å². The van der Waals surface area contributed by atoms with Gasteiger partial charge in [-0.25, -0.2) is 9.78 Å². The first-order valence-corrected chi connectivity index (χ1v) is 10.7. The van der Waals surface area contributed by atoms with Crippen LogP contribution in [-0.2, 0) is 23.0 Å². The maximum Gasteiger partial charge on any atom is 0.329 e. The number of para-hydroxylation sites is 1. The number of aryl methyl sites for hydroxylation is 2. The molecule has 31 heavy (non-hydrogen) atoms. The van der Waals surface area contributed by atoms with Crippen molar-refractivity contribution in [3.8, 4) is 10.6 Å². The van der Waals surface area contributed by atoms with Crippen LogP contribution in [0.3, 0.4) is 0 Å². The molecular formula is C23H20N4O3S. The zero-order valence-electron chi connectivity index (χ0n) is 17.3. The summed E-state index contributed by atoms with van der Waals surface area (Å²) in [5, 5.41) is 7.16. The third-order valence-corrected chi connectivity index (χ3v) is 6.53. The lowest BCUT2D eigenvalue weighted by Crippen LogP contribution is -2.43. The van der Waals surface area contributed by atoms with Crippen LogP contribution >= 0.6 is 11.3 Å². The van der Waals surface area contributed by atoms with Gasteiger partial charge in [-0.2, -0.15) is 5.10 Å². The number of amides is 1. The quantitative estimate of drug-likeness (QED) is 0.461. The maximum absolute atomic E-state index is 14.0. The predicted octanol–water partition coefficient (Wildman–Crippen LogP) is 3.75. The average molecular weight is 433 g/mol. The summed E-state index contributed by atoms with van der Waals surface area (Å²) in [5.74, 6) is -0.696. The van der Waals surface area contributed by atoms with E-state index in [2.05, 4.69) is 5.10 Å². The van der Waals surface area contributed by atoms with Crippen molar-refractivity contribution in [3.05, 3.63) is 64.7 Å². The van der Waals surface area contributed by atoms with Crippen LogP contribution in [0.15, 0.2) is 47.8 Å². The number of benzene rings is 1. The van der Waals surface area contributed by atoms with Crippen LogP contribution in [0.5, 0.6) is 0 Å². The summed E-state index contributed by atoms with van der Waals surface area (Å²) in [6.45, 7) is 1.86. The number of aromatic nitrogens is 3. The molecule has 156 valence electrons. The molecule has 0 bridgehead atoms. The molecule has 8 heteroatoms. The van der Waals surface area contributed by atoms with E-state index >= 15 is 0 Å². The Morgan fingerprint density at radius 1 is 1.19 bits per heavy atom. The zero-order chi connectivity index (χ0) is 21.7. The van der Waals surface area contributed by atoms with E-state index in [1.807, 2.05) is 55.7 Å². The summed E-state index contributed by atoms with van der Waals surface area (Å²) in [6.07, 6.45) is 0.423. The third kappa shape index (κ3) is 3.02. The standard InChI is InChI=1S/C23H20N4O3S/c1-13-20-15(12-16(19-9-6-10-31-19)24-21(20)26(2)25-13)22(28)27-17-8-5-4-7-14(17)11-18(27)23(29)30-3/h4-10,12,18H,11H2,1-3H3. The fourth-order valence-electron chi connectivity index (χ4n) is 4.26. The Morgan fingerprint density at radius 3 is 2.74 bits per heavy atom. The normalized spacial score (nSPS) is 15.3. The molecule has 1 aliphatic rings. The molecule has 0 radical (unpaired) electrons. The summed E-state index contributed by atoms with van der Waals surface area (Å²) in [5.41, 5.74) is 4.20. The summed E-state index contributed by atoms with van der Waals surface area (Å²) in [4.78, 5) is 33.9. The molecule has 0 saturated heterocycles. The molecule has 4 heterocycles. The number of rotatable bonds is 3. The van der Waals surface area contributed by atoms with Crippen molar-refractivity contribution in [2.75, 3.05) is 12.0 Å². The summed E-state index contributed by atoms with van der Waals surface area (Å²) < 4.78 is 6.71. The monoisotopic (exact) mass is 432 g/mol. The second-order valence-electron chi connectivity index (χ2n) is 7.49. The minimum Gasteiger partial charge on any atom is -0.467 e. The number of ether oxygens (including phenoxy) is 1. The number of fused-ring (bicyclic) bond motifs is 2. The smallest absolute Gasteiger partial charge is 0.329 e. The van der Waals surface area contributed by atoms with Crippen molar-refractivity contribution in [1.82, 2.24) is 14.8 Å². The van der Waals surface area contributed by atoms with Gasteiger partial charge in [0.1, 0.15) is 6.04 Å². The van der Waals surface area contributed by atoms with Gasteiger partial charge < -0.3 is 4.74 Å². The van der Waals surface area contributed by atoms with Crippen LogP contribution in [0.4, 0.5) is 5.69 Å². The van der Waals surface area contributed by atoms with E-state index < -0.39 is 12.0 Å². The van der Waals surface area contributed by atoms with E-state index in [0.717, 1.165) is 16.1 Å². The third-order valence-electron chi connectivity index (χ3n) is 5.64. The first-order valence-electron chi connectivity index (χ1n) is 9.87. The molecule has 0 aliphatic carbocycles. The maximum atomic E-state index is 14.0. The number of carbonyl (C=O) groups is 2. The Morgan fingerprint density at radius 2 is 2.00 bits per heavy atom. The zero-order valence-corrected chi connectivity index (χ0v) is 18.1. The number of carbonyl (C=O) groups excluding carboxylic acids is 2. The number of pyridine rings is 1. The van der Waals surface area contributed by atoms with Gasteiger partial charge in [0, 0.05) is 19.2 Å². The molecule has 1 unspecified atom stereocenters. The molecule has 3 aromatic heterocycles. The van der Waals surface area contributed by atoms with Gasteiger partial charge in [-0.3, -0.25) is 14.4 Å². The highest BCUT2D eigenvalue weighted by Crippen LogP contribution is 2.36. The van der Waals surface area contributed by atoms with Gasteiger partial charge in [0.15, 0.2) is 5.65 Å². The average Bonchev–Trinajstić information content (AvgIpc) is 3.50. The Bertz CT molecular complexity index is 1330. The number of hydrogen-bond acceptors (Lipinski definition) is 6. The van der Waals surface area contributed by atoms with Crippen molar-refractivity contribution >= 4 is 39.9 Å². The van der Waals surface area contributed by atoms with Crippen LogP contribution in [0.2, 0.25) is 0 Å². The number of methoxy groups -OCH3 is 1. The van der Waals surface area contributed by atoms with Gasteiger partial charge >= 0.3 is 5.97 Å². The van der Waals surface area contributed by atoms with Crippen LogP contribution in [0, 0.1) is 6.92 Å². The first kappa shape index (κ1) is 19.4. The highest BCUT2D eigenvalue weighted by atomic mass is 32.1. The molecule has 1 amide bonds. The lowest BCUT2D eigenvalue weighted by molar-refractivity contribution is -0.141. The SMILES string of the molecule is COC(=O)C1Cc2ccccc2N1C(=O)c1cc(-c2cccs2)nc2c1c(C)nn2C. The van der Waals surface area contributed by atoms with Gasteiger partial charge in [-0.05, 0) is 36.1 Å². The van der Waals surface area contributed by atoms with E-state index in [4.69, 9.17) is 9.72 Å². The van der Waals surface area contributed by atoms with E-state index in [1.54, 1.807) is 27.0 Å². The Hall–Kier alpha value is -3.52. The molecule has 0 spiro atoms. The summed E-state index contributed by atoms with van der Waals surface area (Å²) in [6, 6.07) is 12.6. The molecule has 0 fully saturated rings. The fraction of sp³-hybridized carbons (Fsp3) is 0.217. The van der Waals surface area contributed by atoms with Gasteiger partial charge in [0.2, 0.25) is 0 Å². The van der Waals surface area contributed by atoms with Crippen molar-refractivity contribution < 1.29 is 14.3 Å². The number of anilines is 1. The molecular weight excluding hydrogens is 412 g/mol. The topological polar surface area (TPSA) is 77.3 Å². The molecule has 0 N–H and O–H groups in total. The van der Waals surface area contributed by atoms with E-state index in [9.17, 15) is 9.59 Å². The lowest BCUT2D eigenvalue weighted by atomic mass is 10.1. The van der Waals surface area contributed by atoms with Gasteiger partial charge in [0.25, 0.3) is 5.91 Å². The van der Waals surface area contributed by atoms with Crippen molar-refractivity contribution in [2.45, 2.75) is 19.4 Å². The number of hydrogen-bond donors (Lipinski definition) is 0. The minimum absolute atomic E-state index is 0.262. The number of esters is 1. The molecule has 0 saturated carbocycles. The lowest BCUT2D eigenvalue weighted by Gasteiger charge is -2.24. The largest absolute Gasteiger partial charge is 0.467 e. The van der Waals surface area contributed by atoms with Crippen molar-refractivity contribution in [3.63, 3.8) is 0 Å². The van der Waals surface area contributed by atoms with Crippen LogP contribution in [0.25, 0.3) is 21.6 Å². The first-order chi connectivity index (χ1) is 15.0. The van der Waals surface area contributed by atoms with Crippen LogP contribution < -0.4 is 4.90 Å². The molecule has 4 aromatic rings. The Balaban J connectivity index is 1.73. The second-order valence-corrected chi connectivity index (χ2v) is 8.43. The van der Waals surface area contributed by atoms with E-state index in [0.29, 0.717) is 34.4 Å². The van der Waals surface area contributed by atoms with Crippen molar-refractivity contribution in [1.29, 1.82) is 0 Å². The van der Waals surface area contributed by atoms with Crippen molar-refractivity contribution in [2.24, 2.45) is 7.05 Å². The highest BCUT2D eigenvalue weighted by molar-refractivity contribution is 7.13. The van der Waals surface area contributed by atoms with Gasteiger partial charge in [-0.15, -0.1) is 11.3 Å². The Labute approximate surface area is 182 Å². The van der Waals surface area contributed by atoms with E-state index in [1.165, 1.54) is 7.11 Å². The molecule has 7 nitrogen and oxygen atoms in total. The predicted molar refractivity (Wildman–Crippen MR) is 119 cm³/mol. The fourth-order valence-corrected chi connectivity index (χ4v) is 4.94. The minimum atomic E-state index is -0.708. The molecule has 1 aliphatic heterocycles. The Kier molecular flexibility index (Phi) is 4.59. The second kappa shape index (κ2) is 7.31. The van der Waals surface area contributed by atoms with Crippen LogP contribution in [0.1, 0.15) is 21.6 Å². The van der Waals surface area contributed by atoms with Crippen LogP contribution in [-0.4, -0.2) is 39.8 Å². The number of thiophene rings is 1. The molecule has 5 rings (SSSR count). The van der Waals surface area contributed by atoms with E-state index in [-0.39, 0.29) is 5.91 Å². The van der Waals surface area contributed by atoms with Gasteiger partial charge in [-0.1, -0.05) is 24.3 Å². The summed E-state index contributed by atoms with van der Waals surface area (Å²) in [7, 11) is 3.16. The molecule has 1 atom stereocenters. The number of nitrogens with zero attached hydrogens (tertiary/aromatic N) is 4. The highest BCUT2D eigenvalue weighted by Gasteiger charge is 2.40. The summed E-state index contributed by atoms with van der Waals surface area (Å²) >= 11 is 1.56. The molecule has 1 aromatic carbocycles.